The molecule has 0 bridgehead atoms. The Morgan fingerprint density at radius 2 is 1.00 bits per heavy atom. The van der Waals surface area contributed by atoms with Gasteiger partial charge in [0, 0.05) is 77.5 Å². The van der Waals surface area contributed by atoms with Gasteiger partial charge in [-0.05, 0) is 95.9 Å². The van der Waals surface area contributed by atoms with Gasteiger partial charge in [0.25, 0.3) is 0 Å². The second-order valence-electron chi connectivity index (χ2n) is 13.7. The first kappa shape index (κ1) is 30.7. The zero-order chi connectivity index (χ0) is 35.3. The first-order valence-corrected chi connectivity index (χ1v) is 21.3. The lowest BCUT2D eigenvalue weighted by Crippen LogP contribution is -1.95. The van der Waals surface area contributed by atoms with E-state index in [0.29, 0.717) is 0 Å². The number of thiophene rings is 4. The molecule has 0 fully saturated rings. The fraction of sp³-hybridized carbons (Fsp3) is 0. The monoisotopic (exact) mass is 760 g/mol. The molecule has 0 N–H and O–H groups in total. The lowest BCUT2D eigenvalue weighted by Gasteiger charge is -2.11. The second-order valence-corrected chi connectivity index (χ2v) is 17.9. The van der Waals surface area contributed by atoms with Crippen molar-refractivity contribution in [2.45, 2.75) is 0 Å². The maximum Gasteiger partial charge on any atom is 0.0641 e. The largest absolute Gasteiger partial charge is 0.309 e. The molecule has 0 aliphatic carbocycles. The maximum atomic E-state index is 2.50. The Morgan fingerprint density at radius 1 is 0.352 bits per heavy atom. The van der Waals surface area contributed by atoms with E-state index in [1.807, 2.05) is 34.0 Å². The zero-order valence-corrected chi connectivity index (χ0v) is 32.0. The lowest BCUT2D eigenvalue weighted by molar-refractivity contribution is 1.18. The van der Waals surface area contributed by atoms with Crippen LogP contribution in [0.4, 0.5) is 0 Å². The normalized spacial score (nSPS) is 12.1. The van der Waals surface area contributed by atoms with E-state index in [0.717, 1.165) is 5.69 Å². The Hall–Kier alpha value is -5.76. The van der Waals surface area contributed by atoms with Crippen molar-refractivity contribution in [3.8, 4) is 41.3 Å². The van der Waals surface area contributed by atoms with Crippen LogP contribution in [0.25, 0.3) is 105 Å². The summed E-state index contributed by atoms with van der Waals surface area (Å²) in [7, 11) is 0. The summed E-state index contributed by atoms with van der Waals surface area (Å²) in [6.45, 7) is 0. The molecular weight excluding hydrogens is 733 g/mol. The molecule has 6 heterocycles. The number of fused-ring (bicyclic) bond motifs is 10. The number of para-hydroxylation sites is 2. The summed E-state index contributed by atoms with van der Waals surface area (Å²) in [5, 5.41) is 9.85. The first-order valence-electron chi connectivity index (χ1n) is 18.0. The number of aromatic nitrogens is 2. The van der Waals surface area contributed by atoms with Gasteiger partial charge in [0.2, 0.25) is 0 Å². The van der Waals surface area contributed by atoms with Crippen LogP contribution in [0.2, 0.25) is 0 Å². The van der Waals surface area contributed by atoms with Gasteiger partial charge in [0.1, 0.15) is 0 Å². The molecule has 0 amide bonds. The van der Waals surface area contributed by atoms with Crippen LogP contribution in [-0.2, 0) is 0 Å². The average molecular weight is 761 g/mol. The molecule has 0 atom stereocenters. The standard InChI is InChI=1S/C48H28N2S4/c1-4-11-37-32(8-1)34-20-21-39-47(48(34)50(37)31-19-22-42-36(28-31)33-9-3-6-13-41(33)53-42)35-10-2-5-12-38(35)49(39)30-17-15-29(16-18-30)40-23-24-45(52-40)46-26-25-44(54-46)43-14-7-27-51-43/h1-28H. The van der Waals surface area contributed by atoms with Gasteiger partial charge in [-0.15, -0.1) is 45.3 Å². The van der Waals surface area contributed by atoms with Crippen molar-refractivity contribution in [3.63, 3.8) is 0 Å². The molecule has 54 heavy (non-hydrogen) atoms. The Kier molecular flexibility index (Phi) is 6.74. The smallest absolute Gasteiger partial charge is 0.0641 e. The van der Waals surface area contributed by atoms with Gasteiger partial charge in [0.05, 0.1) is 22.1 Å². The van der Waals surface area contributed by atoms with Crippen molar-refractivity contribution >= 4 is 109 Å². The average Bonchev–Trinajstić information content (AvgIpc) is 4.07. The Labute approximate surface area is 326 Å². The molecule has 12 aromatic rings. The Balaban J connectivity index is 1.02. The van der Waals surface area contributed by atoms with Crippen LogP contribution < -0.4 is 0 Å². The minimum absolute atomic E-state index is 1.16. The van der Waals surface area contributed by atoms with E-state index in [2.05, 4.69) is 178 Å². The molecule has 6 aromatic carbocycles. The van der Waals surface area contributed by atoms with E-state index in [9.17, 15) is 0 Å². The summed E-state index contributed by atoms with van der Waals surface area (Å²) in [4.78, 5) is 6.59. The third-order valence-corrected chi connectivity index (χ3v) is 15.4. The summed E-state index contributed by atoms with van der Waals surface area (Å²) in [6.07, 6.45) is 0. The second kappa shape index (κ2) is 11.9. The van der Waals surface area contributed by atoms with Crippen LogP contribution in [0.1, 0.15) is 0 Å². The van der Waals surface area contributed by atoms with Crippen molar-refractivity contribution in [2.75, 3.05) is 0 Å². The molecule has 0 spiro atoms. The highest BCUT2D eigenvalue weighted by Gasteiger charge is 2.21. The minimum Gasteiger partial charge on any atom is -0.309 e. The quantitative estimate of drug-likeness (QED) is 0.165. The van der Waals surface area contributed by atoms with E-state index in [1.54, 1.807) is 11.3 Å². The van der Waals surface area contributed by atoms with Crippen LogP contribution in [0.3, 0.4) is 0 Å². The van der Waals surface area contributed by atoms with Crippen LogP contribution >= 0.6 is 45.3 Å². The highest BCUT2D eigenvalue weighted by atomic mass is 32.1. The van der Waals surface area contributed by atoms with E-state index >= 15 is 0 Å². The van der Waals surface area contributed by atoms with Crippen LogP contribution in [0, 0.1) is 0 Å². The molecule has 0 aliphatic rings. The first-order chi connectivity index (χ1) is 26.8. The zero-order valence-electron chi connectivity index (χ0n) is 28.7. The van der Waals surface area contributed by atoms with Crippen molar-refractivity contribution in [2.24, 2.45) is 0 Å². The molecule has 6 aromatic heterocycles. The van der Waals surface area contributed by atoms with Gasteiger partial charge in [-0.25, -0.2) is 0 Å². The number of hydrogen-bond acceptors (Lipinski definition) is 4. The third kappa shape index (κ3) is 4.55. The maximum absolute atomic E-state index is 2.50. The molecule has 6 heteroatoms. The summed E-state index contributed by atoms with van der Waals surface area (Å²) < 4.78 is 7.60. The predicted octanol–water partition coefficient (Wildman–Crippen LogP) is 15.4. The Bertz CT molecular complexity index is 3380. The van der Waals surface area contributed by atoms with Crippen LogP contribution in [0.15, 0.2) is 169 Å². The topological polar surface area (TPSA) is 9.86 Å². The predicted molar refractivity (Wildman–Crippen MR) is 238 cm³/mol. The summed E-state index contributed by atoms with van der Waals surface area (Å²) >= 11 is 7.41. The number of benzene rings is 6. The van der Waals surface area contributed by atoms with Crippen molar-refractivity contribution < 1.29 is 0 Å². The highest BCUT2D eigenvalue weighted by molar-refractivity contribution is 7.27. The van der Waals surface area contributed by atoms with E-state index in [-0.39, 0.29) is 0 Å². The SMILES string of the molecule is c1csc(-c2ccc(-c3ccc(-c4ccc(-n5c6ccccc6c6c5ccc5c7ccccc7n(-c7ccc8sc9ccccc9c8c7)c56)cc4)s3)s2)c1. The fourth-order valence-corrected chi connectivity index (χ4v) is 12.4. The molecule has 0 unspecified atom stereocenters. The number of rotatable bonds is 5. The molecule has 12 rings (SSSR count). The van der Waals surface area contributed by atoms with E-state index < -0.39 is 0 Å². The summed E-state index contributed by atoms with van der Waals surface area (Å²) in [5.74, 6) is 0. The van der Waals surface area contributed by atoms with Crippen molar-refractivity contribution in [1.82, 2.24) is 9.13 Å². The van der Waals surface area contributed by atoms with Gasteiger partial charge in [-0.2, -0.15) is 0 Å². The van der Waals surface area contributed by atoms with Gasteiger partial charge in [-0.3, -0.25) is 0 Å². The molecule has 0 saturated heterocycles. The van der Waals surface area contributed by atoms with Gasteiger partial charge >= 0.3 is 0 Å². The van der Waals surface area contributed by atoms with E-state index in [4.69, 9.17) is 0 Å². The van der Waals surface area contributed by atoms with E-state index in [1.165, 1.54) is 99.4 Å². The molecule has 0 saturated carbocycles. The third-order valence-electron chi connectivity index (χ3n) is 10.7. The number of nitrogens with zero attached hydrogens (tertiary/aromatic N) is 2. The Morgan fingerprint density at radius 3 is 1.80 bits per heavy atom. The molecule has 2 nitrogen and oxygen atoms in total. The molecule has 0 radical (unpaired) electrons. The van der Waals surface area contributed by atoms with Gasteiger partial charge in [0.15, 0.2) is 0 Å². The van der Waals surface area contributed by atoms with Gasteiger partial charge in [-0.1, -0.05) is 78.9 Å². The molecule has 0 aliphatic heterocycles. The van der Waals surface area contributed by atoms with Crippen molar-refractivity contribution in [3.05, 3.63) is 169 Å². The summed E-state index contributed by atoms with van der Waals surface area (Å²) in [5.41, 5.74) is 8.48. The highest BCUT2D eigenvalue weighted by Crippen LogP contribution is 2.45. The molecule has 254 valence electrons. The minimum atomic E-state index is 1.16. The summed E-state index contributed by atoms with van der Waals surface area (Å²) in [6, 6.07) is 60.7. The van der Waals surface area contributed by atoms with Gasteiger partial charge < -0.3 is 9.13 Å². The van der Waals surface area contributed by atoms with Crippen LogP contribution in [-0.4, -0.2) is 9.13 Å². The lowest BCUT2D eigenvalue weighted by atomic mass is 10.1. The molecular formula is C48H28N2S4. The van der Waals surface area contributed by atoms with Crippen molar-refractivity contribution in [1.29, 1.82) is 0 Å². The number of hydrogen-bond donors (Lipinski definition) is 0. The van der Waals surface area contributed by atoms with Crippen LogP contribution in [0.5, 0.6) is 0 Å². The fourth-order valence-electron chi connectivity index (χ4n) is 8.33.